The number of carboxylic acid groups (broad SMARTS) is 1. The molecule has 19 heavy (non-hydrogen) atoms. The Hall–Kier alpha value is -1.79. The molecule has 0 aliphatic carbocycles. The standard InChI is InChI=1S/C12H15ClN2O4/c1-12(2,14)11(18)15-8-5-9(19-3)6(10(16)17)4-7(8)13/h4-5H,14H2,1-3H3,(H,15,18)(H,16,17). The number of amides is 1. The maximum absolute atomic E-state index is 11.8. The summed E-state index contributed by atoms with van der Waals surface area (Å²) in [7, 11) is 1.33. The first kappa shape index (κ1) is 15.3. The number of halogens is 1. The number of hydrogen-bond donors (Lipinski definition) is 3. The number of nitrogens with two attached hydrogens (primary N) is 1. The smallest absolute Gasteiger partial charge is 0.339 e. The van der Waals surface area contributed by atoms with Gasteiger partial charge in [-0.3, -0.25) is 4.79 Å². The summed E-state index contributed by atoms with van der Waals surface area (Å²) in [4.78, 5) is 22.7. The number of rotatable bonds is 4. The predicted molar refractivity (Wildman–Crippen MR) is 71.9 cm³/mol. The van der Waals surface area contributed by atoms with Gasteiger partial charge in [-0.2, -0.15) is 0 Å². The van der Waals surface area contributed by atoms with Gasteiger partial charge in [-0.05, 0) is 19.9 Å². The number of methoxy groups -OCH3 is 1. The summed E-state index contributed by atoms with van der Waals surface area (Å²) in [6.45, 7) is 3.08. The van der Waals surface area contributed by atoms with Crippen molar-refractivity contribution in [2.75, 3.05) is 12.4 Å². The molecule has 1 rings (SSSR count). The molecule has 7 heteroatoms. The lowest BCUT2D eigenvalue weighted by Gasteiger charge is -2.19. The van der Waals surface area contributed by atoms with Crippen LogP contribution in [0.1, 0.15) is 24.2 Å². The van der Waals surface area contributed by atoms with Crippen LogP contribution in [0.4, 0.5) is 5.69 Å². The number of nitrogens with one attached hydrogen (secondary N) is 1. The zero-order valence-electron chi connectivity index (χ0n) is 10.8. The third kappa shape index (κ3) is 3.59. The van der Waals surface area contributed by atoms with E-state index in [1.807, 2.05) is 0 Å². The van der Waals surface area contributed by atoms with Crippen molar-refractivity contribution in [1.29, 1.82) is 0 Å². The van der Waals surface area contributed by atoms with Crippen LogP contribution in [0.2, 0.25) is 5.02 Å². The summed E-state index contributed by atoms with van der Waals surface area (Å²) in [5, 5.41) is 11.6. The summed E-state index contributed by atoms with van der Waals surface area (Å²) < 4.78 is 4.95. The van der Waals surface area contributed by atoms with E-state index in [-0.39, 0.29) is 22.0 Å². The van der Waals surface area contributed by atoms with Crippen molar-refractivity contribution in [3.05, 3.63) is 22.7 Å². The van der Waals surface area contributed by atoms with Crippen LogP contribution < -0.4 is 15.8 Å². The quantitative estimate of drug-likeness (QED) is 0.782. The molecule has 1 amide bonds. The van der Waals surface area contributed by atoms with Gasteiger partial charge >= 0.3 is 5.97 Å². The number of carbonyl (C=O) groups excluding carboxylic acids is 1. The molecule has 1 aromatic carbocycles. The first-order valence-corrected chi connectivity index (χ1v) is 5.75. The Morgan fingerprint density at radius 2 is 2.00 bits per heavy atom. The molecular formula is C12H15ClN2O4. The van der Waals surface area contributed by atoms with Crippen LogP contribution in [-0.2, 0) is 4.79 Å². The Labute approximate surface area is 115 Å². The van der Waals surface area contributed by atoms with Gasteiger partial charge in [0, 0.05) is 6.07 Å². The number of aromatic carboxylic acids is 1. The van der Waals surface area contributed by atoms with Crippen molar-refractivity contribution >= 4 is 29.2 Å². The highest BCUT2D eigenvalue weighted by Crippen LogP contribution is 2.31. The molecule has 0 unspecified atom stereocenters. The van der Waals surface area contributed by atoms with Gasteiger partial charge in [0.05, 0.1) is 23.4 Å². The number of ether oxygens (including phenoxy) is 1. The number of anilines is 1. The molecule has 0 fully saturated rings. The topological polar surface area (TPSA) is 102 Å². The largest absolute Gasteiger partial charge is 0.496 e. The number of carbonyl (C=O) groups is 2. The molecule has 4 N–H and O–H groups in total. The highest BCUT2D eigenvalue weighted by atomic mass is 35.5. The van der Waals surface area contributed by atoms with Crippen molar-refractivity contribution in [1.82, 2.24) is 0 Å². The van der Waals surface area contributed by atoms with E-state index in [1.165, 1.54) is 19.2 Å². The van der Waals surface area contributed by atoms with E-state index in [1.54, 1.807) is 13.8 Å². The molecule has 0 saturated heterocycles. The lowest BCUT2D eigenvalue weighted by molar-refractivity contribution is -0.120. The highest BCUT2D eigenvalue weighted by Gasteiger charge is 2.23. The van der Waals surface area contributed by atoms with Crippen molar-refractivity contribution in [3.8, 4) is 5.75 Å². The molecule has 6 nitrogen and oxygen atoms in total. The maximum Gasteiger partial charge on any atom is 0.339 e. The molecule has 1 aromatic rings. The number of benzene rings is 1. The second-order valence-electron chi connectivity index (χ2n) is 4.51. The van der Waals surface area contributed by atoms with Gasteiger partial charge in [0.25, 0.3) is 0 Å². The van der Waals surface area contributed by atoms with Crippen LogP contribution >= 0.6 is 11.6 Å². The Balaban J connectivity index is 3.17. The van der Waals surface area contributed by atoms with Crippen molar-refractivity contribution in [2.45, 2.75) is 19.4 Å². The fraction of sp³-hybridized carbons (Fsp3) is 0.333. The summed E-state index contributed by atoms with van der Waals surface area (Å²) in [5.74, 6) is -1.52. The molecular weight excluding hydrogens is 272 g/mol. The van der Waals surface area contributed by atoms with Crippen LogP contribution in [0.3, 0.4) is 0 Å². The minimum atomic E-state index is -1.17. The Kier molecular flexibility index (Phi) is 4.39. The van der Waals surface area contributed by atoms with Crippen molar-refractivity contribution < 1.29 is 19.4 Å². The predicted octanol–water partition coefficient (Wildman–Crippen LogP) is 1.72. The minimum absolute atomic E-state index is 0.0856. The molecule has 0 heterocycles. The Morgan fingerprint density at radius 3 is 2.42 bits per heavy atom. The molecule has 104 valence electrons. The number of hydrogen-bond acceptors (Lipinski definition) is 4. The van der Waals surface area contributed by atoms with E-state index in [0.29, 0.717) is 0 Å². The third-order valence-corrected chi connectivity index (χ3v) is 2.67. The van der Waals surface area contributed by atoms with Crippen molar-refractivity contribution in [3.63, 3.8) is 0 Å². The third-order valence-electron chi connectivity index (χ3n) is 2.35. The van der Waals surface area contributed by atoms with Gasteiger partial charge in [-0.25, -0.2) is 4.79 Å². The van der Waals surface area contributed by atoms with Crippen LogP contribution in [-0.4, -0.2) is 29.6 Å². The fourth-order valence-corrected chi connectivity index (χ4v) is 1.48. The van der Waals surface area contributed by atoms with Crippen LogP contribution in [0.5, 0.6) is 5.75 Å². The summed E-state index contributed by atoms with van der Waals surface area (Å²) in [5.41, 5.74) is 4.72. The van der Waals surface area contributed by atoms with E-state index in [0.717, 1.165) is 0 Å². The van der Waals surface area contributed by atoms with E-state index in [4.69, 9.17) is 27.2 Å². The van der Waals surface area contributed by atoms with E-state index < -0.39 is 17.4 Å². The molecule has 0 bridgehead atoms. The van der Waals surface area contributed by atoms with E-state index in [2.05, 4.69) is 5.32 Å². The van der Waals surface area contributed by atoms with Crippen LogP contribution in [0.25, 0.3) is 0 Å². The van der Waals surface area contributed by atoms with Crippen molar-refractivity contribution in [2.24, 2.45) is 5.73 Å². The summed E-state index contributed by atoms with van der Waals surface area (Å²) in [6, 6.07) is 2.55. The Morgan fingerprint density at radius 1 is 1.42 bits per heavy atom. The monoisotopic (exact) mass is 286 g/mol. The molecule has 0 atom stereocenters. The van der Waals surface area contributed by atoms with E-state index in [9.17, 15) is 9.59 Å². The average molecular weight is 287 g/mol. The maximum atomic E-state index is 11.8. The second-order valence-corrected chi connectivity index (χ2v) is 4.92. The van der Waals surface area contributed by atoms with Gasteiger partial charge < -0.3 is 20.9 Å². The second kappa shape index (κ2) is 5.46. The Bertz CT molecular complexity index is 523. The first-order chi connectivity index (χ1) is 8.66. The number of carboxylic acids is 1. The zero-order valence-corrected chi connectivity index (χ0v) is 11.5. The fourth-order valence-electron chi connectivity index (χ4n) is 1.27. The minimum Gasteiger partial charge on any atom is -0.496 e. The SMILES string of the molecule is COc1cc(NC(=O)C(C)(C)N)c(Cl)cc1C(=O)O. The van der Waals surface area contributed by atoms with Gasteiger partial charge in [-0.15, -0.1) is 0 Å². The lowest BCUT2D eigenvalue weighted by Crippen LogP contribution is -2.45. The zero-order chi connectivity index (χ0) is 14.8. The lowest BCUT2D eigenvalue weighted by atomic mass is 10.1. The van der Waals surface area contributed by atoms with Gasteiger partial charge in [0.1, 0.15) is 11.3 Å². The van der Waals surface area contributed by atoms with E-state index >= 15 is 0 Å². The van der Waals surface area contributed by atoms with Gasteiger partial charge in [0.2, 0.25) is 5.91 Å². The average Bonchev–Trinajstić information content (AvgIpc) is 2.29. The van der Waals surface area contributed by atoms with Gasteiger partial charge in [0.15, 0.2) is 0 Å². The molecule has 0 aliphatic heterocycles. The summed E-state index contributed by atoms with van der Waals surface area (Å²) in [6.07, 6.45) is 0. The molecule has 0 aromatic heterocycles. The van der Waals surface area contributed by atoms with Crippen LogP contribution in [0, 0.1) is 0 Å². The normalized spacial score (nSPS) is 11.0. The summed E-state index contributed by atoms with van der Waals surface area (Å²) >= 11 is 5.92. The molecule has 0 aliphatic rings. The van der Waals surface area contributed by atoms with Gasteiger partial charge in [-0.1, -0.05) is 11.6 Å². The van der Waals surface area contributed by atoms with Crippen LogP contribution in [0.15, 0.2) is 12.1 Å². The first-order valence-electron chi connectivity index (χ1n) is 5.38. The molecule has 0 radical (unpaired) electrons. The highest BCUT2D eigenvalue weighted by molar-refractivity contribution is 6.34. The molecule has 0 saturated carbocycles. The molecule has 0 spiro atoms.